The quantitative estimate of drug-likeness (QED) is 0.165. The fourth-order valence-electron chi connectivity index (χ4n) is 12.4. The van der Waals surface area contributed by atoms with Crippen LogP contribution in [0.2, 0.25) is 0 Å². The second-order valence-electron chi connectivity index (χ2n) is 25.7. The van der Waals surface area contributed by atoms with E-state index in [0.717, 1.165) is 42.8 Å². The SMILES string of the molecule is Cc1cc2c3c(c1)N(c1ccc(C(C)(C)C)cc1-c1ccccc1)c1oc4cc5c(cc4c1B3c1cc3c(cc1N2c1ccc(C(C)(C)C)cc1)C(C)(C)CCC3(C)C)C(C)(C)CCC5(C)C. The molecule has 11 rings (SSSR count). The first-order chi connectivity index (χ1) is 31.4. The van der Waals surface area contributed by atoms with E-state index >= 15 is 0 Å². The van der Waals surface area contributed by atoms with Gasteiger partial charge in [0.1, 0.15) is 5.58 Å². The van der Waals surface area contributed by atoms with Crippen molar-refractivity contribution >= 4 is 68.4 Å². The van der Waals surface area contributed by atoms with Gasteiger partial charge in [-0.2, -0.15) is 0 Å². The normalized spacial score (nSPS) is 18.5. The van der Waals surface area contributed by atoms with Gasteiger partial charge in [-0.05, 0) is 175 Å². The van der Waals surface area contributed by atoms with Crippen LogP contribution in [0.15, 0.2) is 114 Å². The van der Waals surface area contributed by atoms with Gasteiger partial charge in [0.05, 0.1) is 5.69 Å². The first-order valence-corrected chi connectivity index (χ1v) is 25.2. The van der Waals surface area contributed by atoms with Crippen LogP contribution in [0.4, 0.5) is 34.3 Å². The highest BCUT2D eigenvalue weighted by Gasteiger charge is 2.50. The lowest BCUT2D eigenvalue weighted by molar-refractivity contribution is 0.332. The molecule has 0 unspecified atom stereocenters. The molecule has 0 atom stereocenters. The Bertz CT molecular complexity index is 3160. The third-order valence-corrected chi connectivity index (χ3v) is 17.0. The molecular formula is C63H71BN2O. The Morgan fingerprint density at radius 3 is 1.60 bits per heavy atom. The molecule has 67 heavy (non-hydrogen) atoms. The molecule has 0 N–H and O–H groups in total. The van der Waals surface area contributed by atoms with Crippen molar-refractivity contribution in [1.29, 1.82) is 0 Å². The summed E-state index contributed by atoms with van der Waals surface area (Å²) in [5.74, 6) is 0.939. The molecule has 0 spiro atoms. The van der Waals surface area contributed by atoms with E-state index in [1.54, 1.807) is 0 Å². The van der Waals surface area contributed by atoms with Gasteiger partial charge in [0.2, 0.25) is 5.88 Å². The van der Waals surface area contributed by atoms with Crippen molar-refractivity contribution in [3.05, 3.63) is 148 Å². The molecule has 0 fully saturated rings. The molecule has 2 aliphatic heterocycles. The van der Waals surface area contributed by atoms with E-state index in [0.29, 0.717) is 0 Å². The van der Waals surface area contributed by atoms with Crippen LogP contribution in [0, 0.1) is 6.92 Å². The first-order valence-electron chi connectivity index (χ1n) is 25.2. The lowest BCUT2D eigenvalue weighted by atomic mass is 9.33. The molecule has 0 saturated heterocycles. The fourth-order valence-corrected chi connectivity index (χ4v) is 12.4. The standard InChI is InChI=1S/C63H71BN2O/c1-38-31-52-56-53(32-38)66(50-26-23-41(59(5,6)7)33-43(50)39-19-17-16-18-20-39)57-55(44-34-45-48(37-54(44)67-57)63(14,15)30-27-60(45,8)9)64(56)49-35-46-47(62(12,13)29-28-61(46,10)11)36-51(49)65(52)42-24-21-40(22-25-42)58(2,3)4/h16-26,31-37H,27-30H2,1-15H3. The summed E-state index contributed by atoms with van der Waals surface area (Å²) in [5.41, 5.74) is 23.4. The summed E-state index contributed by atoms with van der Waals surface area (Å²) < 4.78 is 7.64. The van der Waals surface area contributed by atoms with Crippen molar-refractivity contribution < 1.29 is 4.42 Å². The molecule has 1 aromatic heterocycles. The molecule has 3 heterocycles. The van der Waals surface area contributed by atoms with Gasteiger partial charge in [-0.1, -0.05) is 152 Å². The number of aryl methyl sites for hydroxylation is 1. The van der Waals surface area contributed by atoms with Crippen molar-refractivity contribution in [3.63, 3.8) is 0 Å². The zero-order valence-electron chi connectivity index (χ0n) is 43.1. The number of nitrogens with zero attached hydrogens (tertiary/aromatic N) is 2. The topological polar surface area (TPSA) is 19.6 Å². The fraction of sp³-hybridized carbons (Fsp3) is 0.397. The zero-order chi connectivity index (χ0) is 47.5. The van der Waals surface area contributed by atoms with Gasteiger partial charge in [0.15, 0.2) is 0 Å². The number of anilines is 6. The van der Waals surface area contributed by atoms with Crippen LogP contribution < -0.4 is 26.2 Å². The van der Waals surface area contributed by atoms with Crippen LogP contribution in [0.5, 0.6) is 0 Å². The molecular weight excluding hydrogens is 812 g/mol. The van der Waals surface area contributed by atoms with Gasteiger partial charge in [-0.3, -0.25) is 4.90 Å². The first kappa shape index (κ1) is 44.1. The molecule has 342 valence electrons. The molecule has 4 aliphatic rings. The van der Waals surface area contributed by atoms with Crippen LogP contribution >= 0.6 is 0 Å². The predicted octanol–water partition coefficient (Wildman–Crippen LogP) is 15.8. The summed E-state index contributed by atoms with van der Waals surface area (Å²) in [7, 11) is 0. The van der Waals surface area contributed by atoms with E-state index in [2.05, 4.69) is 223 Å². The van der Waals surface area contributed by atoms with Crippen LogP contribution in [-0.2, 0) is 32.5 Å². The Balaban J connectivity index is 1.30. The molecule has 0 amide bonds. The number of furan rings is 1. The van der Waals surface area contributed by atoms with E-state index in [1.807, 2.05) is 0 Å². The minimum absolute atomic E-state index is 0.0328. The van der Waals surface area contributed by atoms with Gasteiger partial charge in [-0.15, -0.1) is 0 Å². The highest BCUT2D eigenvalue weighted by Crippen LogP contribution is 2.54. The van der Waals surface area contributed by atoms with Gasteiger partial charge < -0.3 is 9.32 Å². The molecule has 2 aliphatic carbocycles. The number of fused-ring (bicyclic) bond motifs is 8. The van der Waals surface area contributed by atoms with Crippen LogP contribution in [0.25, 0.3) is 22.1 Å². The average Bonchev–Trinajstić information content (AvgIpc) is 3.64. The van der Waals surface area contributed by atoms with E-state index in [-0.39, 0.29) is 39.2 Å². The number of hydrogen-bond donors (Lipinski definition) is 0. The number of hydrogen-bond acceptors (Lipinski definition) is 3. The molecule has 6 aromatic carbocycles. The minimum Gasteiger partial charge on any atom is -0.440 e. The zero-order valence-corrected chi connectivity index (χ0v) is 43.1. The van der Waals surface area contributed by atoms with E-state index < -0.39 is 0 Å². The average molecular weight is 883 g/mol. The number of benzene rings is 6. The molecule has 0 saturated carbocycles. The summed E-state index contributed by atoms with van der Waals surface area (Å²) in [5, 5.41) is 1.24. The van der Waals surface area contributed by atoms with Crippen molar-refractivity contribution in [2.24, 2.45) is 0 Å². The maximum Gasteiger partial charge on any atom is 0.257 e. The van der Waals surface area contributed by atoms with Gasteiger partial charge in [0, 0.05) is 39.2 Å². The molecule has 0 bridgehead atoms. The maximum absolute atomic E-state index is 7.64. The minimum atomic E-state index is -0.0591. The summed E-state index contributed by atoms with van der Waals surface area (Å²) in [6.07, 6.45) is 4.63. The Morgan fingerprint density at radius 2 is 1.01 bits per heavy atom. The van der Waals surface area contributed by atoms with Crippen molar-refractivity contribution in [3.8, 4) is 11.1 Å². The Morgan fingerprint density at radius 1 is 0.493 bits per heavy atom. The number of rotatable bonds is 3. The van der Waals surface area contributed by atoms with Crippen LogP contribution in [0.1, 0.15) is 162 Å². The third kappa shape index (κ3) is 6.73. The van der Waals surface area contributed by atoms with E-state index in [1.165, 1.54) is 94.6 Å². The van der Waals surface area contributed by atoms with Crippen LogP contribution in [0.3, 0.4) is 0 Å². The highest BCUT2D eigenvalue weighted by atomic mass is 16.4. The largest absolute Gasteiger partial charge is 0.440 e. The lowest BCUT2D eigenvalue weighted by Gasteiger charge is -2.47. The predicted molar refractivity (Wildman–Crippen MR) is 288 cm³/mol. The van der Waals surface area contributed by atoms with E-state index in [4.69, 9.17) is 4.42 Å². The van der Waals surface area contributed by atoms with Gasteiger partial charge in [-0.25, -0.2) is 0 Å². The van der Waals surface area contributed by atoms with Gasteiger partial charge in [0.25, 0.3) is 6.71 Å². The summed E-state index contributed by atoms with van der Waals surface area (Å²) in [6.45, 7) is 35.8. The van der Waals surface area contributed by atoms with E-state index in [9.17, 15) is 0 Å². The van der Waals surface area contributed by atoms with Crippen molar-refractivity contribution in [1.82, 2.24) is 0 Å². The summed E-state index contributed by atoms with van der Waals surface area (Å²) >= 11 is 0. The smallest absolute Gasteiger partial charge is 0.257 e. The summed E-state index contributed by atoms with van der Waals surface area (Å²) in [6, 6.07) is 42.9. The summed E-state index contributed by atoms with van der Waals surface area (Å²) in [4.78, 5) is 5.15. The van der Waals surface area contributed by atoms with Crippen LogP contribution in [-0.4, -0.2) is 6.71 Å². The molecule has 4 heteroatoms. The molecule has 7 aromatic rings. The Kier molecular flexibility index (Phi) is 9.39. The van der Waals surface area contributed by atoms with Crippen molar-refractivity contribution in [2.75, 3.05) is 9.80 Å². The second-order valence-corrected chi connectivity index (χ2v) is 25.7. The third-order valence-electron chi connectivity index (χ3n) is 17.0. The molecule has 3 nitrogen and oxygen atoms in total. The second kappa shape index (κ2) is 14.3. The van der Waals surface area contributed by atoms with Crippen molar-refractivity contribution in [2.45, 2.75) is 162 Å². The Hall–Kier alpha value is -5.48. The van der Waals surface area contributed by atoms with Gasteiger partial charge >= 0.3 is 0 Å². The monoisotopic (exact) mass is 883 g/mol. The highest BCUT2D eigenvalue weighted by molar-refractivity contribution is 7.01. The Labute approximate surface area is 402 Å². The lowest BCUT2D eigenvalue weighted by Crippen LogP contribution is -2.61. The molecule has 0 radical (unpaired) electrons. The maximum atomic E-state index is 7.64.